The molecule has 3 heteroatoms. The van der Waals surface area contributed by atoms with E-state index in [9.17, 15) is 5.11 Å². The highest BCUT2D eigenvalue weighted by atomic mass is 16.3. The molecule has 2 N–H and O–H groups in total. The first-order chi connectivity index (χ1) is 9.69. The molecule has 0 amide bonds. The highest BCUT2D eigenvalue weighted by Crippen LogP contribution is 2.20. The van der Waals surface area contributed by atoms with Gasteiger partial charge in [-0.3, -0.25) is 0 Å². The Hall–Kier alpha value is -1.06. The van der Waals surface area contributed by atoms with E-state index in [2.05, 4.69) is 24.1 Å². The van der Waals surface area contributed by atoms with Gasteiger partial charge >= 0.3 is 0 Å². The SMILES string of the molecule is CCNCC1CCN(C(C)Cc2ccc(O)cc2)CC1. The van der Waals surface area contributed by atoms with E-state index in [1.54, 1.807) is 12.1 Å². The molecule has 1 aliphatic rings. The molecule has 0 aromatic heterocycles. The normalized spacial score (nSPS) is 19.1. The highest BCUT2D eigenvalue weighted by molar-refractivity contribution is 5.26. The van der Waals surface area contributed by atoms with E-state index in [0.717, 1.165) is 18.9 Å². The van der Waals surface area contributed by atoms with Gasteiger partial charge in [-0.25, -0.2) is 0 Å². The van der Waals surface area contributed by atoms with Gasteiger partial charge in [0.15, 0.2) is 0 Å². The third-order valence-electron chi connectivity index (χ3n) is 4.42. The number of piperidine rings is 1. The highest BCUT2D eigenvalue weighted by Gasteiger charge is 2.22. The number of phenols is 1. The number of likely N-dealkylation sites (tertiary alicyclic amines) is 1. The molecular weight excluding hydrogens is 248 g/mol. The molecule has 1 aromatic carbocycles. The molecule has 20 heavy (non-hydrogen) atoms. The minimum absolute atomic E-state index is 0.352. The van der Waals surface area contributed by atoms with Crippen molar-refractivity contribution >= 4 is 0 Å². The van der Waals surface area contributed by atoms with Crippen molar-refractivity contribution in [3.8, 4) is 5.75 Å². The number of phenolic OH excluding ortho intramolecular Hbond substituents is 1. The van der Waals surface area contributed by atoms with Crippen LogP contribution in [0.2, 0.25) is 0 Å². The third-order valence-corrected chi connectivity index (χ3v) is 4.42. The Balaban J connectivity index is 1.76. The molecule has 1 atom stereocenters. The average molecular weight is 276 g/mol. The summed E-state index contributed by atoms with van der Waals surface area (Å²) in [6, 6.07) is 8.21. The fraction of sp³-hybridized carbons (Fsp3) is 0.647. The average Bonchev–Trinajstić information content (AvgIpc) is 2.48. The third kappa shape index (κ3) is 4.50. The summed E-state index contributed by atoms with van der Waals surface area (Å²) in [5.74, 6) is 1.21. The fourth-order valence-corrected chi connectivity index (χ4v) is 3.05. The van der Waals surface area contributed by atoms with E-state index in [1.807, 2.05) is 12.1 Å². The Bertz CT molecular complexity index is 382. The van der Waals surface area contributed by atoms with Gasteiger partial charge in [-0.1, -0.05) is 19.1 Å². The molecule has 1 fully saturated rings. The summed E-state index contributed by atoms with van der Waals surface area (Å²) in [7, 11) is 0. The lowest BCUT2D eigenvalue weighted by Gasteiger charge is -2.36. The maximum absolute atomic E-state index is 9.32. The maximum atomic E-state index is 9.32. The van der Waals surface area contributed by atoms with E-state index in [1.165, 1.54) is 38.0 Å². The molecule has 1 saturated heterocycles. The van der Waals surface area contributed by atoms with Crippen molar-refractivity contribution in [2.45, 2.75) is 39.2 Å². The van der Waals surface area contributed by atoms with E-state index >= 15 is 0 Å². The molecule has 0 radical (unpaired) electrons. The number of hydrogen-bond donors (Lipinski definition) is 2. The minimum Gasteiger partial charge on any atom is -0.508 e. The molecule has 1 unspecified atom stereocenters. The van der Waals surface area contributed by atoms with Gasteiger partial charge in [-0.15, -0.1) is 0 Å². The van der Waals surface area contributed by atoms with Crippen molar-refractivity contribution < 1.29 is 5.11 Å². The zero-order valence-electron chi connectivity index (χ0n) is 12.8. The van der Waals surface area contributed by atoms with Crippen molar-refractivity contribution in [3.63, 3.8) is 0 Å². The summed E-state index contributed by atoms with van der Waals surface area (Å²) < 4.78 is 0. The number of rotatable bonds is 6. The van der Waals surface area contributed by atoms with Crippen LogP contribution in [0.15, 0.2) is 24.3 Å². The van der Waals surface area contributed by atoms with Crippen LogP contribution < -0.4 is 5.32 Å². The largest absolute Gasteiger partial charge is 0.508 e. The predicted molar refractivity (Wildman–Crippen MR) is 84.1 cm³/mol. The minimum atomic E-state index is 0.352. The molecule has 2 rings (SSSR count). The van der Waals surface area contributed by atoms with E-state index < -0.39 is 0 Å². The summed E-state index contributed by atoms with van der Waals surface area (Å²) in [5, 5.41) is 12.8. The Morgan fingerprint density at radius 2 is 1.90 bits per heavy atom. The molecule has 0 spiro atoms. The smallest absolute Gasteiger partial charge is 0.115 e. The van der Waals surface area contributed by atoms with Crippen molar-refractivity contribution in [2.24, 2.45) is 5.92 Å². The number of benzene rings is 1. The zero-order chi connectivity index (χ0) is 14.4. The summed E-state index contributed by atoms with van der Waals surface area (Å²) >= 11 is 0. The van der Waals surface area contributed by atoms with Gasteiger partial charge in [0.05, 0.1) is 0 Å². The van der Waals surface area contributed by atoms with Crippen molar-refractivity contribution in [1.82, 2.24) is 10.2 Å². The molecule has 0 aliphatic carbocycles. The van der Waals surface area contributed by atoms with Crippen molar-refractivity contribution in [2.75, 3.05) is 26.2 Å². The number of hydrogen-bond acceptors (Lipinski definition) is 3. The van der Waals surface area contributed by atoms with Crippen LogP contribution in [-0.4, -0.2) is 42.2 Å². The van der Waals surface area contributed by atoms with Crippen LogP contribution in [-0.2, 0) is 6.42 Å². The van der Waals surface area contributed by atoms with Gasteiger partial charge in [0, 0.05) is 6.04 Å². The van der Waals surface area contributed by atoms with E-state index in [4.69, 9.17) is 0 Å². The maximum Gasteiger partial charge on any atom is 0.115 e. The van der Waals surface area contributed by atoms with Gasteiger partial charge < -0.3 is 15.3 Å². The first-order valence-corrected chi connectivity index (χ1v) is 7.91. The molecule has 1 aromatic rings. The van der Waals surface area contributed by atoms with Gasteiger partial charge in [0.1, 0.15) is 5.75 Å². The van der Waals surface area contributed by atoms with Gasteiger partial charge in [-0.05, 0) is 76.0 Å². The van der Waals surface area contributed by atoms with Crippen LogP contribution in [0.5, 0.6) is 5.75 Å². The molecule has 1 aliphatic heterocycles. The standard InChI is InChI=1S/C17H28N2O/c1-3-18-13-16-8-10-19(11-9-16)14(2)12-15-4-6-17(20)7-5-15/h4-7,14,16,18,20H,3,8-13H2,1-2H3. The monoisotopic (exact) mass is 276 g/mol. The lowest BCUT2D eigenvalue weighted by molar-refractivity contribution is 0.139. The van der Waals surface area contributed by atoms with Crippen LogP contribution in [0, 0.1) is 5.92 Å². The topological polar surface area (TPSA) is 35.5 Å². The molecule has 112 valence electrons. The fourth-order valence-electron chi connectivity index (χ4n) is 3.05. The first kappa shape index (κ1) is 15.3. The van der Waals surface area contributed by atoms with Crippen LogP contribution in [0.4, 0.5) is 0 Å². The Labute approximate surface area is 123 Å². The van der Waals surface area contributed by atoms with E-state index in [-0.39, 0.29) is 0 Å². The molecule has 1 heterocycles. The summed E-state index contributed by atoms with van der Waals surface area (Å²) in [5.41, 5.74) is 1.31. The number of nitrogens with zero attached hydrogens (tertiary/aromatic N) is 1. The summed E-state index contributed by atoms with van der Waals surface area (Å²) in [4.78, 5) is 2.61. The van der Waals surface area contributed by atoms with Gasteiger partial charge in [-0.2, -0.15) is 0 Å². The quantitative estimate of drug-likeness (QED) is 0.838. The summed E-state index contributed by atoms with van der Waals surface area (Å²) in [6.07, 6.45) is 3.69. The van der Waals surface area contributed by atoms with Gasteiger partial charge in [0.2, 0.25) is 0 Å². The van der Waals surface area contributed by atoms with E-state index in [0.29, 0.717) is 11.8 Å². The summed E-state index contributed by atoms with van der Waals surface area (Å²) in [6.45, 7) is 9.19. The predicted octanol–water partition coefficient (Wildman–Crippen LogP) is 2.64. The lowest BCUT2D eigenvalue weighted by atomic mass is 9.94. The first-order valence-electron chi connectivity index (χ1n) is 7.91. The Morgan fingerprint density at radius 3 is 2.50 bits per heavy atom. The van der Waals surface area contributed by atoms with Crippen LogP contribution >= 0.6 is 0 Å². The molecular formula is C17H28N2O. The second kappa shape index (κ2) is 7.65. The van der Waals surface area contributed by atoms with Crippen molar-refractivity contribution in [1.29, 1.82) is 0 Å². The Morgan fingerprint density at radius 1 is 1.25 bits per heavy atom. The Kier molecular flexibility index (Phi) is 5.86. The van der Waals surface area contributed by atoms with Crippen molar-refractivity contribution in [3.05, 3.63) is 29.8 Å². The van der Waals surface area contributed by atoms with Crippen LogP contribution in [0.3, 0.4) is 0 Å². The van der Waals surface area contributed by atoms with Crippen LogP contribution in [0.25, 0.3) is 0 Å². The zero-order valence-corrected chi connectivity index (χ0v) is 12.8. The lowest BCUT2D eigenvalue weighted by Crippen LogP contribution is -2.42. The van der Waals surface area contributed by atoms with Crippen LogP contribution in [0.1, 0.15) is 32.3 Å². The molecule has 0 saturated carbocycles. The second-order valence-electron chi connectivity index (χ2n) is 6.01. The molecule has 0 bridgehead atoms. The van der Waals surface area contributed by atoms with Gasteiger partial charge in [0.25, 0.3) is 0 Å². The molecule has 3 nitrogen and oxygen atoms in total. The number of aromatic hydroxyl groups is 1. The number of nitrogens with one attached hydrogen (secondary N) is 1. The second-order valence-corrected chi connectivity index (χ2v) is 6.01.